The van der Waals surface area contributed by atoms with Gasteiger partial charge >= 0.3 is 0 Å². The molecule has 1 aromatic heterocycles. The second-order valence-electron chi connectivity index (χ2n) is 6.08. The van der Waals surface area contributed by atoms with Gasteiger partial charge in [-0.25, -0.2) is 4.98 Å². The average molecular weight is 370 g/mol. The van der Waals surface area contributed by atoms with Crippen LogP contribution in [0.3, 0.4) is 0 Å². The fourth-order valence-corrected chi connectivity index (χ4v) is 3.64. The number of H-pyrrole nitrogens is 1. The molecule has 4 aromatic rings. The molecule has 0 saturated carbocycles. The lowest BCUT2D eigenvalue weighted by Gasteiger charge is -2.02. The molecule has 3 nitrogen and oxygen atoms in total. The molecule has 27 heavy (non-hydrogen) atoms. The van der Waals surface area contributed by atoms with E-state index in [1.807, 2.05) is 78.9 Å². The highest BCUT2D eigenvalue weighted by Crippen LogP contribution is 2.32. The number of rotatable bonds is 6. The number of nitrogens with one attached hydrogen (secondary N) is 1. The molecule has 3 aromatic carbocycles. The molecule has 0 saturated heterocycles. The monoisotopic (exact) mass is 370 g/mol. The first kappa shape index (κ1) is 17.3. The summed E-state index contributed by atoms with van der Waals surface area (Å²) in [6, 6.07) is 29.6. The molecule has 0 fully saturated rings. The quantitative estimate of drug-likeness (QED) is 0.349. The Morgan fingerprint density at radius 1 is 0.778 bits per heavy atom. The molecule has 4 rings (SSSR count). The van der Waals surface area contributed by atoms with Gasteiger partial charge in [-0.1, -0.05) is 103 Å². The SMILES string of the molecule is O=C(CSc1nc(-c2ccccc2)c(-c2ccccc2)[nH]1)c1ccccc1. The van der Waals surface area contributed by atoms with Gasteiger partial charge in [0, 0.05) is 16.7 Å². The number of carbonyl (C=O) groups excluding carboxylic acids is 1. The van der Waals surface area contributed by atoms with Crippen molar-refractivity contribution in [1.29, 1.82) is 0 Å². The van der Waals surface area contributed by atoms with Crippen molar-refractivity contribution >= 4 is 17.5 Å². The third-order valence-electron chi connectivity index (χ3n) is 4.23. The van der Waals surface area contributed by atoms with E-state index < -0.39 is 0 Å². The molecule has 1 heterocycles. The average Bonchev–Trinajstić information content (AvgIpc) is 3.18. The van der Waals surface area contributed by atoms with Gasteiger partial charge in [-0.3, -0.25) is 4.79 Å². The van der Waals surface area contributed by atoms with E-state index in [0.29, 0.717) is 5.75 Å². The highest BCUT2D eigenvalue weighted by atomic mass is 32.2. The number of benzene rings is 3. The zero-order valence-corrected chi connectivity index (χ0v) is 15.4. The lowest BCUT2D eigenvalue weighted by Crippen LogP contribution is -2.01. The molecule has 0 aliphatic carbocycles. The minimum Gasteiger partial charge on any atom is -0.332 e. The highest BCUT2D eigenvalue weighted by molar-refractivity contribution is 7.99. The molecule has 0 bridgehead atoms. The second kappa shape index (κ2) is 8.06. The van der Waals surface area contributed by atoms with E-state index in [1.54, 1.807) is 0 Å². The number of nitrogens with zero attached hydrogens (tertiary/aromatic N) is 1. The Morgan fingerprint density at radius 3 is 1.96 bits per heavy atom. The van der Waals surface area contributed by atoms with E-state index >= 15 is 0 Å². The van der Waals surface area contributed by atoms with Crippen molar-refractivity contribution in [3.05, 3.63) is 96.6 Å². The van der Waals surface area contributed by atoms with Gasteiger partial charge in [0.1, 0.15) is 0 Å². The lowest BCUT2D eigenvalue weighted by atomic mass is 10.1. The van der Waals surface area contributed by atoms with E-state index in [2.05, 4.69) is 17.1 Å². The van der Waals surface area contributed by atoms with Gasteiger partial charge in [-0.15, -0.1) is 0 Å². The van der Waals surface area contributed by atoms with Crippen molar-refractivity contribution in [3.63, 3.8) is 0 Å². The molecule has 0 unspecified atom stereocenters. The van der Waals surface area contributed by atoms with Crippen LogP contribution in [0.4, 0.5) is 0 Å². The normalized spacial score (nSPS) is 10.7. The molecule has 1 N–H and O–H groups in total. The van der Waals surface area contributed by atoms with Gasteiger partial charge in [0.25, 0.3) is 0 Å². The predicted octanol–water partition coefficient (Wildman–Crippen LogP) is 5.72. The van der Waals surface area contributed by atoms with Crippen LogP contribution in [0.15, 0.2) is 96.2 Å². The van der Waals surface area contributed by atoms with Crippen LogP contribution in [0.5, 0.6) is 0 Å². The summed E-state index contributed by atoms with van der Waals surface area (Å²) in [5, 5.41) is 0.747. The van der Waals surface area contributed by atoms with Gasteiger partial charge in [0.05, 0.1) is 17.1 Å². The van der Waals surface area contributed by atoms with Crippen LogP contribution in [-0.4, -0.2) is 21.5 Å². The lowest BCUT2D eigenvalue weighted by molar-refractivity contribution is 0.102. The van der Waals surface area contributed by atoms with Crippen LogP contribution >= 0.6 is 11.8 Å². The van der Waals surface area contributed by atoms with Gasteiger partial charge < -0.3 is 4.98 Å². The predicted molar refractivity (Wildman–Crippen MR) is 111 cm³/mol. The van der Waals surface area contributed by atoms with E-state index in [1.165, 1.54) is 11.8 Å². The molecule has 0 amide bonds. The molecule has 0 radical (unpaired) electrons. The topological polar surface area (TPSA) is 45.8 Å². The summed E-state index contributed by atoms with van der Waals surface area (Å²) in [6.45, 7) is 0. The minimum atomic E-state index is 0.0968. The summed E-state index contributed by atoms with van der Waals surface area (Å²) in [6.07, 6.45) is 0. The van der Waals surface area contributed by atoms with Gasteiger partial charge in [0.2, 0.25) is 0 Å². The Kier molecular flexibility index (Phi) is 5.17. The zero-order valence-electron chi connectivity index (χ0n) is 14.6. The van der Waals surface area contributed by atoms with Crippen LogP contribution < -0.4 is 0 Å². The Morgan fingerprint density at radius 2 is 1.33 bits per heavy atom. The number of hydrogen-bond donors (Lipinski definition) is 1. The fourth-order valence-electron chi connectivity index (χ4n) is 2.88. The summed E-state index contributed by atoms with van der Waals surface area (Å²) < 4.78 is 0. The van der Waals surface area contributed by atoms with Crippen LogP contribution in [0.1, 0.15) is 10.4 Å². The Labute approximate surface area is 162 Å². The summed E-state index contributed by atoms with van der Waals surface area (Å²) in [5.41, 5.74) is 4.72. The Balaban J connectivity index is 1.62. The van der Waals surface area contributed by atoms with Crippen LogP contribution in [-0.2, 0) is 0 Å². The maximum Gasteiger partial charge on any atom is 0.173 e. The fraction of sp³-hybridized carbons (Fsp3) is 0.0435. The number of aromatic nitrogens is 2. The standard InChI is InChI=1S/C23H18N2OS/c26-20(17-10-4-1-5-11-17)16-27-23-24-21(18-12-6-2-7-13-18)22(25-23)19-14-8-3-9-15-19/h1-15H,16H2,(H,24,25). The largest absolute Gasteiger partial charge is 0.332 e. The van der Waals surface area contributed by atoms with Crippen molar-refractivity contribution < 1.29 is 4.79 Å². The second-order valence-corrected chi connectivity index (χ2v) is 7.04. The number of ketones is 1. The number of imidazole rings is 1. The van der Waals surface area contributed by atoms with Gasteiger partial charge in [0.15, 0.2) is 10.9 Å². The minimum absolute atomic E-state index is 0.0968. The molecule has 132 valence electrons. The van der Waals surface area contributed by atoms with Crippen molar-refractivity contribution in [2.24, 2.45) is 0 Å². The molecule has 0 atom stereocenters. The van der Waals surface area contributed by atoms with E-state index in [0.717, 1.165) is 33.2 Å². The zero-order chi connectivity index (χ0) is 18.5. The van der Waals surface area contributed by atoms with Crippen molar-refractivity contribution in [1.82, 2.24) is 9.97 Å². The maximum absolute atomic E-state index is 12.4. The third kappa shape index (κ3) is 4.01. The van der Waals surface area contributed by atoms with Crippen LogP contribution in [0.25, 0.3) is 22.5 Å². The van der Waals surface area contributed by atoms with Crippen molar-refractivity contribution in [3.8, 4) is 22.5 Å². The van der Waals surface area contributed by atoms with E-state index in [-0.39, 0.29) is 5.78 Å². The number of hydrogen-bond acceptors (Lipinski definition) is 3. The first-order valence-electron chi connectivity index (χ1n) is 8.73. The van der Waals surface area contributed by atoms with Crippen molar-refractivity contribution in [2.75, 3.05) is 5.75 Å². The highest BCUT2D eigenvalue weighted by Gasteiger charge is 2.15. The third-order valence-corrected chi connectivity index (χ3v) is 5.10. The molecule has 0 aliphatic heterocycles. The summed E-state index contributed by atoms with van der Waals surface area (Å²) in [5.74, 6) is 0.444. The molecule has 0 spiro atoms. The molecular weight excluding hydrogens is 352 g/mol. The van der Waals surface area contributed by atoms with Crippen LogP contribution in [0.2, 0.25) is 0 Å². The molecular formula is C23H18N2OS. The van der Waals surface area contributed by atoms with E-state index in [9.17, 15) is 4.79 Å². The first-order valence-corrected chi connectivity index (χ1v) is 9.72. The number of Topliss-reactive ketones (excluding diaryl/α,β-unsaturated/α-hetero) is 1. The van der Waals surface area contributed by atoms with Gasteiger partial charge in [-0.2, -0.15) is 0 Å². The molecule has 0 aliphatic rings. The maximum atomic E-state index is 12.4. The Bertz CT molecular complexity index is 971. The number of aromatic amines is 1. The Hall–Kier alpha value is -3.11. The van der Waals surface area contributed by atoms with Crippen LogP contribution in [0, 0.1) is 0 Å². The van der Waals surface area contributed by atoms with E-state index in [4.69, 9.17) is 4.98 Å². The smallest absolute Gasteiger partial charge is 0.173 e. The first-order chi connectivity index (χ1) is 13.3. The van der Waals surface area contributed by atoms with Crippen molar-refractivity contribution in [2.45, 2.75) is 5.16 Å². The molecule has 4 heteroatoms. The number of carbonyl (C=O) groups is 1. The summed E-state index contributed by atoms with van der Waals surface area (Å²) in [7, 11) is 0. The van der Waals surface area contributed by atoms with Gasteiger partial charge in [-0.05, 0) is 0 Å². The number of thioether (sulfide) groups is 1. The summed E-state index contributed by atoms with van der Waals surface area (Å²) in [4.78, 5) is 20.6. The summed E-state index contributed by atoms with van der Waals surface area (Å²) >= 11 is 1.43.